The van der Waals surface area contributed by atoms with E-state index in [2.05, 4.69) is 18.0 Å². The van der Waals surface area contributed by atoms with Crippen molar-refractivity contribution in [2.75, 3.05) is 26.4 Å². The fourth-order valence-electron chi connectivity index (χ4n) is 10.5. The molecule has 72 heavy (non-hydrogen) atoms. The number of nitrogens with zero attached hydrogens (tertiary/aromatic N) is 2. The lowest BCUT2D eigenvalue weighted by atomic mass is 9.69. The first-order chi connectivity index (χ1) is 34.6. The summed E-state index contributed by atoms with van der Waals surface area (Å²) in [6.07, 6.45) is 15.0. The second-order valence-corrected chi connectivity index (χ2v) is 21.9. The van der Waals surface area contributed by atoms with Gasteiger partial charge in [-0.05, 0) is 138 Å². The Morgan fingerprint density at radius 3 is 1.29 bits per heavy atom. The Bertz CT molecular complexity index is 2170. The van der Waals surface area contributed by atoms with Crippen LogP contribution in [0.4, 0.5) is 0 Å². The maximum atomic E-state index is 14.1. The molecule has 1 heterocycles. The molecule has 0 unspecified atom stereocenters. The summed E-state index contributed by atoms with van der Waals surface area (Å²) < 4.78 is 33.6. The molecule has 1 aromatic carbocycles. The summed E-state index contributed by atoms with van der Waals surface area (Å²) in [5, 5.41) is 9.86. The van der Waals surface area contributed by atoms with Crippen molar-refractivity contribution in [3.05, 3.63) is 58.3 Å². The van der Waals surface area contributed by atoms with Gasteiger partial charge in [0, 0.05) is 17.7 Å². The summed E-state index contributed by atoms with van der Waals surface area (Å²) in [6.45, 7) is 28.4. The molecule has 0 amide bonds. The van der Waals surface area contributed by atoms with Crippen molar-refractivity contribution in [2.24, 2.45) is 47.3 Å². The van der Waals surface area contributed by atoms with Gasteiger partial charge in [0.1, 0.15) is 37.9 Å². The third-order valence-electron chi connectivity index (χ3n) is 14.4. The fraction of sp³-hybridized carbons (Fsp3) is 0.643. The normalized spacial score (nSPS) is 25.2. The lowest BCUT2D eigenvalue weighted by Crippen LogP contribution is -2.32. The van der Waals surface area contributed by atoms with E-state index in [1.807, 2.05) is 54.5 Å². The SMILES string of the molecule is CC.CC.[C-]#[N+]/C(C#N)=C1/Sc2c(OC(=O)C3CCC(C4CCC(C(=O)OCCOC(=O)C=C)CC4)CC3)cc(C(C)(C)C)c(OC(=O)C3CCC(C4CCC(C(=O)OCCOC(=O)C=C)CC4)CC3)c2S1. The molecular weight excluding hydrogens is 957 g/mol. The molecule has 394 valence electrons. The van der Waals surface area contributed by atoms with Gasteiger partial charge in [-0.2, -0.15) is 0 Å². The standard InChI is InChI=1S/C52H64N2O12S2.2C2H6/c1-7-42(55)61-25-27-63-47(57)35-17-9-31(10-18-35)33-13-21-37(22-14-33)49(59)65-41-29-39(52(3,4)5)44(46-45(41)67-51(68-46)40(30-53)54-6)66-50(60)38-23-15-34(16-24-38)32-11-19-36(20-12-32)48(58)64-28-26-62-43(56)8-2;2*1-2/h7-8,29,31-38H,1-2,9-28H2,3-5H3;2*1-2H3/b51-40-;;. The molecule has 4 fully saturated rings. The fourth-order valence-corrected chi connectivity index (χ4v) is 13.0. The summed E-state index contributed by atoms with van der Waals surface area (Å²) in [5.41, 5.74) is 0.0511. The largest absolute Gasteiger partial charge is 0.462 e. The van der Waals surface area contributed by atoms with E-state index in [1.165, 1.54) is 23.5 Å². The zero-order valence-corrected chi connectivity index (χ0v) is 45.2. The van der Waals surface area contributed by atoms with Crippen molar-refractivity contribution < 1.29 is 57.2 Å². The van der Waals surface area contributed by atoms with Crippen LogP contribution in [0.5, 0.6) is 11.5 Å². The number of allylic oxidation sites excluding steroid dienone is 1. The Kier molecular flexibility index (Phi) is 24.5. The number of benzene rings is 1. The number of ether oxygens (including phenoxy) is 6. The maximum absolute atomic E-state index is 14.1. The minimum absolute atomic E-state index is 0.00272. The number of carbonyl (C=O) groups is 6. The van der Waals surface area contributed by atoms with Crippen LogP contribution in [-0.4, -0.2) is 62.2 Å². The average Bonchev–Trinajstić information content (AvgIpc) is 3.86. The molecule has 0 bridgehead atoms. The van der Waals surface area contributed by atoms with Gasteiger partial charge in [0.2, 0.25) is 0 Å². The first-order valence-corrected chi connectivity index (χ1v) is 27.7. The number of fused-ring (bicyclic) bond motifs is 1. The van der Waals surface area contributed by atoms with Crippen molar-refractivity contribution in [3.63, 3.8) is 0 Å². The molecule has 6 rings (SSSR count). The van der Waals surface area contributed by atoms with Gasteiger partial charge in [-0.1, -0.05) is 85.1 Å². The van der Waals surface area contributed by atoms with Gasteiger partial charge in [-0.25, -0.2) is 19.7 Å². The summed E-state index contributed by atoms with van der Waals surface area (Å²) >= 11 is 2.39. The van der Waals surface area contributed by atoms with E-state index < -0.39 is 17.4 Å². The van der Waals surface area contributed by atoms with Gasteiger partial charge < -0.3 is 28.4 Å². The van der Waals surface area contributed by atoms with Gasteiger partial charge >= 0.3 is 35.8 Å². The molecule has 0 spiro atoms. The van der Waals surface area contributed by atoms with Crippen LogP contribution < -0.4 is 9.47 Å². The van der Waals surface area contributed by atoms with Crippen molar-refractivity contribution >= 4 is 59.3 Å². The van der Waals surface area contributed by atoms with Gasteiger partial charge in [-0.15, -0.1) is 0 Å². The zero-order valence-electron chi connectivity index (χ0n) is 43.5. The zero-order chi connectivity index (χ0) is 53.0. The summed E-state index contributed by atoms with van der Waals surface area (Å²) in [4.78, 5) is 80.4. The molecule has 0 saturated heterocycles. The number of hydrogen-bond donors (Lipinski definition) is 0. The van der Waals surface area contributed by atoms with Crippen LogP contribution in [0.3, 0.4) is 0 Å². The highest BCUT2D eigenvalue weighted by atomic mass is 32.2. The van der Waals surface area contributed by atoms with Crippen LogP contribution in [0.2, 0.25) is 0 Å². The van der Waals surface area contributed by atoms with Crippen LogP contribution in [0.25, 0.3) is 4.85 Å². The Morgan fingerprint density at radius 1 is 0.597 bits per heavy atom. The number of nitriles is 1. The molecular formula is C56H76N2O12S2. The predicted octanol–water partition coefficient (Wildman–Crippen LogP) is 12.4. The number of esters is 6. The second kappa shape index (κ2) is 29.6. The average molecular weight is 1030 g/mol. The maximum Gasteiger partial charge on any atom is 0.330 e. The molecule has 1 aromatic rings. The molecule has 0 aromatic heterocycles. The smallest absolute Gasteiger partial charge is 0.330 e. The monoisotopic (exact) mass is 1030 g/mol. The van der Waals surface area contributed by atoms with E-state index in [9.17, 15) is 34.0 Å². The summed E-state index contributed by atoms with van der Waals surface area (Å²) in [5.74, 6) is -0.738. The van der Waals surface area contributed by atoms with Crippen LogP contribution >= 0.6 is 23.5 Å². The first-order valence-electron chi connectivity index (χ1n) is 26.1. The van der Waals surface area contributed by atoms with Crippen LogP contribution in [0.15, 0.2) is 51.1 Å². The van der Waals surface area contributed by atoms with Gasteiger partial charge in [0.15, 0.2) is 0 Å². The van der Waals surface area contributed by atoms with E-state index in [4.69, 9.17) is 35.0 Å². The molecule has 0 N–H and O–H groups in total. The Labute approximate surface area is 435 Å². The topological polar surface area (TPSA) is 186 Å². The molecule has 1 aliphatic heterocycles. The molecule has 14 nitrogen and oxygen atoms in total. The molecule has 5 aliphatic rings. The van der Waals surface area contributed by atoms with E-state index >= 15 is 0 Å². The highest BCUT2D eigenvalue weighted by Gasteiger charge is 2.40. The van der Waals surface area contributed by atoms with E-state index in [0.717, 1.165) is 89.2 Å². The summed E-state index contributed by atoms with van der Waals surface area (Å²) in [6, 6.07) is 3.79. The predicted molar refractivity (Wildman–Crippen MR) is 276 cm³/mol. The van der Waals surface area contributed by atoms with E-state index in [0.29, 0.717) is 80.4 Å². The van der Waals surface area contributed by atoms with Crippen LogP contribution in [0.1, 0.15) is 157 Å². The number of carbonyl (C=O) groups excluding carboxylic acids is 6. The summed E-state index contributed by atoms with van der Waals surface area (Å²) in [7, 11) is 0. The van der Waals surface area contributed by atoms with Crippen molar-refractivity contribution in [3.8, 4) is 17.6 Å². The first kappa shape index (κ1) is 59.5. The lowest BCUT2D eigenvalue weighted by Gasteiger charge is -2.37. The molecule has 4 saturated carbocycles. The van der Waals surface area contributed by atoms with Crippen molar-refractivity contribution in [2.45, 2.75) is 166 Å². The third-order valence-corrected chi connectivity index (χ3v) is 17.0. The Hall–Kier alpha value is -5.06. The van der Waals surface area contributed by atoms with Gasteiger partial charge in [-0.3, -0.25) is 19.2 Å². The van der Waals surface area contributed by atoms with Crippen molar-refractivity contribution in [1.82, 2.24) is 0 Å². The highest BCUT2D eigenvalue weighted by molar-refractivity contribution is 8.24. The molecule has 16 heteroatoms. The second-order valence-electron chi connectivity index (χ2n) is 19.6. The third kappa shape index (κ3) is 16.5. The van der Waals surface area contributed by atoms with Gasteiger partial charge in [0.05, 0.1) is 50.3 Å². The molecule has 4 aliphatic carbocycles. The van der Waals surface area contributed by atoms with Crippen molar-refractivity contribution in [1.29, 1.82) is 5.26 Å². The number of hydrogen-bond acceptors (Lipinski definition) is 15. The number of rotatable bonds is 16. The quantitative estimate of drug-likeness (QED) is 0.0289. The Balaban J connectivity index is 0.00000274. The molecule has 0 atom stereocenters. The van der Waals surface area contributed by atoms with Gasteiger partial charge in [0.25, 0.3) is 5.70 Å². The van der Waals surface area contributed by atoms with E-state index in [1.54, 1.807) is 6.07 Å². The lowest BCUT2D eigenvalue weighted by molar-refractivity contribution is -0.154. The minimum atomic E-state index is -0.555. The minimum Gasteiger partial charge on any atom is -0.462 e. The molecule has 0 radical (unpaired) electrons. The Morgan fingerprint density at radius 2 is 0.944 bits per heavy atom. The number of thioether (sulfide) groups is 2. The van der Waals surface area contributed by atoms with Crippen LogP contribution in [-0.2, 0) is 53.1 Å². The highest BCUT2D eigenvalue weighted by Crippen LogP contribution is 2.61. The van der Waals surface area contributed by atoms with E-state index in [-0.39, 0.29) is 79.7 Å². The van der Waals surface area contributed by atoms with Crippen LogP contribution in [0, 0.1) is 65.2 Å².